The van der Waals surface area contributed by atoms with E-state index >= 15 is 0 Å². The lowest BCUT2D eigenvalue weighted by Gasteiger charge is -2.03. The van der Waals surface area contributed by atoms with Crippen LogP contribution in [-0.4, -0.2) is 16.2 Å². The number of aromatic amines is 1. The van der Waals surface area contributed by atoms with Crippen LogP contribution in [0.2, 0.25) is 0 Å². The van der Waals surface area contributed by atoms with Crippen LogP contribution in [0.25, 0.3) is 11.1 Å². The highest BCUT2D eigenvalue weighted by atomic mass is 16.4. The van der Waals surface area contributed by atoms with Crippen LogP contribution in [-0.2, 0) is 6.42 Å². The number of oxazole rings is 1. The highest BCUT2D eigenvalue weighted by Crippen LogP contribution is 2.16. The van der Waals surface area contributed by atoms with Gasteiger partial charge in [0.05, 0.1) is 11.6 Å². The summed E-state index contributed by atoms with van der Waals surface area (Å²) in [5.74, 6) is -0.460. The number of fused-ring (bicyclic) bond motifs is 1. The van der Waals surface area contributed by atoms with Crippen LogP contribution in [0.3, 0.4) is 0 Å². The third-order valence-corrected chi connectivity index (χ3v) is 2.06. The highest BCUT2D eigenvalue weighted by molar-refractivity contribution is 5.76. The Morgan fingerprint density at radius 3 is 3.07 bits per heavy atom. The minimum Gasteiger partial charge on any atom is -0.408 e. The lowest BCUT2D eigenvalue weighted by atomic mass is 10.1. The summed E-state index contributed by atoms with van der Waals surface area (Å²) in [6.07, 6.45) is 0.0753. The van der Waals surface area contributed by atoms with Gasteiger partial charge in [0.1, 0.15) is 0 Å². The van der Waals surface area contributed by atoms with Gasteiger partial charge in [-0.15, -0.1) is 0 Å². The Morgan fingerprint density at radius 2 is 2.36 bits per heavy atom. The lowest BCUT2D eigenvalue weighted by Crippen LogP contribution is -2.05. The van der Waals surface area contributed by atoms with E-state index < -0.39 is 11.9 Å². The summed E-state index contributed by atoms with van der Waals surface area (Å²) in [5.41, 5.74) is 2.11. The van der Waals surface area contributed by atoms with Gasteiger partial charge < -0.3 is 9.52 Å². The topological polar surface area (TPSA) is 66.2 Å². The molecule has 14 heavy (non-hydrogen) atoms. The predicted octanol–water partition coefficient (Wildman–Crippen LogP) is 1.04. The first-order valence-corrected chi connectivity index (χ1v) is 4.45. The molecule has 2 rings (SSSR count). The van der Waals surface area contributed by atoms with Crippen molar-refractivity contribution in [2.75, 3.05) is 0 Å². The van der Waals surface area contributed by atoms with Gasteiger partial charge in [0.25, 0.3) is 0 Å². The molecular formula is C10H11NO3. The van der Waals surface area contributed by atoms with Crippen molar-refractivity contribution in [3.63, 3.8) is 0 Å². The van der Waals surface area contributed by atoms with Gasteiger partial charge in [-0.2, -0.15) is 0 Å². The van der Waals surface area contributed by atoms with E-state index in [0.29, 0.717) is 17.5 Å². The molecule has 0 aliphatic carbocycles. The quantitative estimate of drug-likeness (QED) is 0.749. The van der Waals surface area contributed by atoms with Gasteiger partial charge in [-0.25, -0.2) is 4.79 Å². The van der Waals surface area contributed by atoms with Gasteiger partial charge >= 0.3 is 5.76 Å². The Balaban J connectivity index is 2.58. The summed E-state index contributed by atoms with van der Waals surface area (Å²) < 4.78 is 4.90. The molecular weight excluding hydrogens is 182 g/mol. The zero-order valence-corrected chi connectivity index (χ0v) is 7.78. The first kappa shape index (κ1) is 9.02. The molecule has 0 spiro atoms. The Morgan fingerprint density at radius 1 is 1.57 bits per heavy atom. The monoisotopic (exact) mass is 193 g/mol. The van der Waals surface area contributed by atoms with Crippen molar-refractivity contribution in [2.24, 2.45) is 0 Å². The lowest BCUT2D eigenvalue weighted by molar-refractivity contribution is 0.196. The molecule has 1 atom stereocenters. The van der Waals surface area contributed by atoms with Crippen LogP contribution in [0.15, 0.2) is 27.4 Å². The summed E-state index contributed by atoms with van der Waals surface area (Å²) in [5, 5.41) is 9.25. The molecule has 1 aromatic carbocycles. The third kappa shape index (κ3) is 1.56. The Bertz CT molecular complexity index is 495. The molecule has 4 heteroatoms. The first-order chi connectivity index (χ1) is 6.66. The van der Waals surface area contributed by atoms with Gasteiger partial charge in [-0.05, 0) is 18.6 Å². The highest BCUT2D eigenvalue weighted by Gasteiger charge is 2.07. The SMILES string of the molecule is CC(O)Cc1cccc2oc(=O)[nH]c12. The average molecular weight is 193 g/mol. The number of nitrogens with one attached hydrogen (secondary N) is 1. The molecule has 2 aromatic rings. The largest absolute Gasteiger partial charge is 0.417 e. The maximum absolute atomic E-state index is 10.9. The van der Waals surface area contributed by atoms with Crippen molar-refractivity contribution >= 4 is 11.1 Å². The van der Waals surface area contributed by atoms with Crippen LogP contribution in [0.4, 0.5) is 0 Å². The molecule has 2 N–H and O–H groups in total. The summed E-state index contributed by atoms with van der Waals surface area (Å²) in [6.45, 7) is 1.71. The van der Waals surface area contributed by atoms with Crippen LogP contribution in [0.1, 0.15) is 12.5 Å². The van der Waals surface area contributed by atoms with Gasteiger partial charge in [-0.1, -0.05) is 12.1 Å². The minimum atomic E-state index is -0.460. The van der Waals surface area contributed by atoms with Crippen molar-refractivity contribution in [1.82, 2.24) is 4.98 Å². The molecule has 4 nitrogen and oxygen atoms in total. The van der Waals surface area contributed by atoms with E-state index in [2.05, 4.69) is 4.98 Å². The number of aromatic nitrogens is 1. The fraction of sp³-hybridized carbons (Fsp3) is 0.300. The fourth-order valence-corrected chi connectivity index (χ4v) is 1.52. The Hall–Kier alpha value is -1.55. The molecule has 0 amide bonds. The van der Waals surface area contributed by atoms with Crippen molar-refractivity contribution in [3.8, 4) is 0 Å². The average Bonchev–Trinajstić information content (AvgIpc) is 2.45. The Labute approximate surface area is 80.2 Å². The second-order valence-corrected chi connectivity index (χ2v) is 3.36. The van der Waals surface area contributed by atoms with E-state index in [-0.39, 0.29) is 0 Å². The number of rotatable bonds is 2. The number of hydrogen-bond donors (Lipinski definition) is 2. The van der Waals surface area contributed by atoms with Crippen LogP contribution >= 0.6 is 0 Å². The molecule has 74 valence electrons. The number of hydrogen-bond acceptors (Lipinski definition) is 3. The molecule has 0 fully saturated rings. The molecule has 0 aliphatic heterocycles. The van der Waals surface area contributed by atoms with Crippen LogP contribution in [0, 0.1) is 0 Å². The van der Waals surface area contributed by atoms with E-state index in [0.717, 1.165) is 5.56 Å². The molecule has 1 aromatic heterocycles. The molecule has 0 saturated carbocycles. The van der Waals surface area contributed by atoms with E-state index in [9.17, 15) is 9.90 Å². The molecule has 0 saturated heterocycles. The molecule has 0 bridgehead atoms. The fourth-order valence-electron chi connectivity index (χ4n) is 1.52. The maximum Gasteiger partial charge on any atom is 0.417 e. The maximum atomic E-state index is 10.9. The van der Waals surface area contributed by atoms with E-state index in [1.54, 1.807) is 19.1 Å². The van der Waals surface area contributed by atoms with Crippen molar-refractivity contribution in [1.29, 1.82) is 0 Å². The predicted molar refractivity (Wildman–Crippen MR) is 52.2 cm³/mol. The smallest absolute Gasteiger partial charge is 0.408 e. The first-order valence-electron chi connectivity index (χ1n) is 4.45. The summed E-state index contributed by atoms with van der Waals surface area (Å²) in [7, 11) is 0. The van der Waals surface area contributed by atoms with Gasteiger partial charge in [0.15, 0.2) is 5.58 Å². The van der Waals surface area contributed by atoms with Gasteiger partial charge in [-0.3, -0.25) is 4.98 Å². The number of benzene rings is 1. The van der Waals surface area contributed by atoms with E-state index in [4.69, 9.17) is 4.42 Å². The van der Waals surface area contributed by atoms with Gasteiger partial charge in [0, 0.05) is 6.42 Å². The zero-order chi connectivity index (χ0) is 10.1. The second kappa shape index (κ2) is 3.31. The molecule has 1 heterocycles. The summed E-state index contributed by atoms with van der Waals surface area (Å²) >= 11 is 0. The summed E-state index contributed by atoms with van der Waals surface area (Å²) in [6, 6.07) is 5.39. The molecule has 1 unspecified atom stereocenters. The van der Waals surface area contributed by atoms with Gasteiger partial charge in [0.2, 0.25) is 0 Å². The second-order valence-electron chi connectivity index (χ2n) is 3.36. The Kier molecular flexibility index (Phi) is 2.13. The standard InChI is InChI=1S/C10H11NO3/c1-6(12)5-7-3-2-4-8-9(7)11-10(13)14-8/h2-4,6,12H,5H2,1H3,(H,11,13). The van der Waals surface area contributed by atoms with Crippen LogP contribution < -0.4 is 5.76 Å². The third-order valence-electron chi connectivity index (χ3n) is 2.06. The number of aliphatic hydroxyl groups is 1. The minimum absolute atomic E-state index is 0.431. The molecule has 0 aliphatic rings. The number of para-hydroxylation sites is 1. The van der Waals surface area contributed by atoms with Crippen molar-refractivity contribution in [2.45, 2.75) is 19.4 Å². The number of aliphatic hydroxyl groups excluding tert-OH is 1. The van der Waals surface area contributed by atoms with E-state index in [1.807, 2.05) is 6.07 Å². The van der Waals surface area contributed by atoms with Crippen molar-refractivity contribution in [3.05, 3.63) is 34.3 Å². The normalized spacial score (nSPS) is 13.3. The number of H-pyrrole nitrogens is 1. The van der Waals surface area contributed by atoms with Crippen LogP contribution in [0.5, 0.6) is 0 Å². The summed E-state index contributed by atoms with van der Waals surface area (Å²) in [4.78, 5) is 13.5. The zero-order valence-electron chi connectivity index (χ0n) is 7.78. The van der Waals surface area contributed by atoms with E-state index in [1.165, 1.54) is 0 Å². The van der Waals surface area contributed by atoms with Crippen molar-refractivity contribution < 1.29 is 9.52 Å². The molecule has 0 radical (unpaired) electrons.